The largest absolute Gasteiger partial charge is 0.478 e. The molecule has 1 aromatic heterocycles. The van der Waals surface area contributed by atoms with Crippen molar-refractivity contribution < 1.29 is 14.3 Å². The number of halogens is 1. The van der Waals surface area contributed by atoms with Gasteiger partial charge in [0.05, 0.1) is 10.6 Å². The number of rotatable bonds is 1. The summed E-state index contributed by atoms with van der Waals surface area (Å²) in [6.07, 6.45) is 0. The van der Waals surface area contributed by atoms with Crippen LogP contribution in [0.3, 0.4) is 0 Å². The Labute approximate surface area is 88.7 Å². The monoisotopic (exact) mass is 224 g/mol. The molecular formula is C10H5ClO4. The predicted molar refractivity (Wildman–Crippen MR) is 54.5 cm³/mol. The van der Waals surface area contributed by atoms with E-state index in [-0.39, 0.29) is 16.2 Å². The summed E-state index contributed by atoms with van der Waals surface area (Å²) in [5.74, 6) is -1.19. The zero-order chi connectivity index (χ0) is 11.0. The Hall–Kier alpha value is -1.81. The highest BCUT2D eigenvalue weighted by Gasteiger charge is 2.13. The topological polar surface area (TPSA) is 67.5 Å². The molecule has 1 N–H and O–H groups in total. The van der Waals surface area contributed by atoms with Crippen LogP contribution in [0.15, 0.2) is 33.5 Å². The minimum atomic E-state index is -1.19. The van der Waals surface area contributed by atoms with Crippen LogP contribution in [-0.4, -0.2) is 11.1 Å². The predicted octanol–water partition coefficient (Wildman–Crippen LogP) is 2.14. The van der Waals surface area contributed by atoms with Crippen molar-refractivity contribution in [1.29, 1.82) is 0 Å². The smallest absolute Gasteiger partial charge is 0.337 e. The van der Waals surface area contributed by atoms with Gasteiger partial charge in [0, 0.05) is 11.5 Å². The van der Waals surface area contributed by atoms with Crippen molar-refractivity contribution >= 4 is 28.5 Å². The van der Waals surface area contributed by atoms with Crippen LogP contribution in [0.4, 0.5) is 0 Å². The third-order valence-electron chi connectivity index (χ3n) is 1.95. The summed E-state index contributed by atoms with van der Waals surface area (Å²) < 4.78 is 4.83. The summed E-state index contributed by atoms with van der Waals surface area (Å²) in [6.45, 7) is 0. The van der Waals surface area contributed by atoms with E-state index in [1.807, 2.05) is 0 Å². The van der Waals surface area contributed by atoms with E-state index in [9.17, 15) is 9.59 Å². The van der Waals surface area contributed by atoms with Crippen molar-refractivity contribution in [2.75, 3.05) is 0 Å². The minimum Gasteiger partial charge on any atom is -0.478 e. The Balaban J connectivity index is 2.99. The van der Waals surface area contributed by atoms with E-state index in [4.69, 9.17) is 21.1 Å². The fourth-order valence-electron chi connectivity index (χ4n) is 1.33. The maximum absolute atomic E-state index is 11.1. The summed E-state index contributed by atoms with van der Waals surface area (Å²) in [4.78, 5) is 21.9. The molecule has 0 aliphatic rings. The Bertz CT molecular complexity index is 600. The molecule has 0 unspecified atom stereocenters. The van der Waals surface area contributed by atoms with Gasteiger partial charge in [0.2, 0.25) is 0 Å². The van der Waals surface area contributed by atoms with Gasteiger partial charge in [0.25, 0.3) is 0 Å². The molecule has 76 valence electrons. The molecule has 0 saturated carbocycles. The van der Waals surface area contributed by atoms with Crippen LogP contribution >= 0.6 is 11.6 Å². The molecule has 0 bridgehead atoms. The Morgan fingerprint density at radius 3 is 2.80 bits per heavy atom. The SMILES string of the molecule is O=C(O)c1cc(=O)oc2c(Cl)cccc12. The van der Waals surface area contributed by atoms with Crippen molar-refractivity contribution in [2.45, 2.75) is 0 Å². The normalized spacial score (nSPS) is 10.5. The number of fused-ring (bicyclic) bond motifs is 1. The average molecular weight is 225 g/mol. The number of benzene rings is 1. The molecule has 5 heteroatoms. The Morgan fingerprint density at radius 2 is 2.13 bits per heavy atom. The molecule has 4 nitrogen and oxygen atoms in total. The number of hydrogen-bond acceptors (Lipinski definition) is 3. The standard InChI is InChI=1S/C10H5ClO4/c11-7-3-1-2-5-6(10(13)14)4-8(12)15-9(5)7/h1-4H,(H,13,14). The maximum Gasteiger partial charge on any atom is 0.337 e. The molecule has 15 heavy (non-hydrogen) atoms. The molecule has 2 rings (SSSR count). The van der Waals surface area contributed by atoms with E-state index in [2.05, 4.69) is 0 Å². The molecule has 0 saturated heterocycles. The number of hydrogen-bond donors (Lipinski definition) is 1. The van der Waals surface area contributed by atoms with Crippen LogP contribution in [0, 0.1) is 0 Å². The Kier molecular flexibility index (Phi) is 2.21. The lowest BCUT2D eigenvalue weighted by Crippen LogP contribution is -2.05. The fraction of sp³-hybridized carbons (Fsp3) is 0. The summed E-state index contributed by atoms with van der Waals surface area (Å²) in [5.41, 5.74) is -0.735. The van der Waals surface area contributed by atoms with Crippen molar-refractivity contribution in [3.63, 3.8) is 0 Å². The molecule has 0 amide bonds. The van der Waals surface area contributed by atoms with Crippen LogP contribution in [0.2, 0.25) is 5.02 Å². The first-order valence-electron chi connectivity index (χ1n) is 4.05. The number of carboxylic acids is 1. The first kappa shape index (κ1) is 9.73. The number of carbonyl (C=O) groups is 1. The van der Waals surface area contributed by atoms with Gasteiger partial charge in [0.1, 0.15) is 0 Å². The molecule has 1 aromatic carbocycles. The van der Waals surface area contributed by atoms with Crippen molar-refractivity contribution in [3.8, 4) is 0 Å². The van der Waals surface area contributed by atoms with E-state index < -0.39 is 11.6 Å². The van der Waals surface area contributed by atoms with Gasteiger partial charge in [-0.25, -0.2) is 9.59 Å². The van der Waals surface area contributed by atoms with Crippen LogP contribution in [0.25, 0.3) is 11.0 Å². The van der Waals surface area contributed by atoms with Crippen molar-refractivity contribution in [2.24, 2.45) is 0 Å². The first-order chi connectivity index (χ1) is 7.09. The zero-order valence-corrected chi connectivity index (χ0v) is 8.12. The van der Waals surface area contributed by atoms with Gasteiger partial charge in [0.15, 0.2) is 5.58 Å². The zero-order valence-electron chi connectivity index (χ0n) is 7.36. The van der Waals surface area contributed by atoms with E-state index in [1.54, 1.807) is 6.07 Å². The fourth-order valence-corrected chi connectivity index (χ4v) is 1.54. The van der Waals surface area contributed by atoms with Crippen molar-refractivity contribution in [3.05, 3.63) is 45.3 Å². The highest BCUT2D eigenvalue weighted by molar-refractivity contribution is 6.35. The van der Waals surface area contributed by atoms with Crippen LogP contribution in [0.5, 0.6) is 0 Å². The second-order valence-electron chi connectivity index (χ2n) is 2.90. The van der Waals surface area contributed by atoms with Gasteiger partial charge in [-0.1, -0.05) is 23.7 Å². The van der Waals surface area contributed by atoms with E-state index in [0.717, 1.165) is 6.07 Å². The molecule has 0 aliphatic heterocycles. The maximum atomic E-state index is 11.1. The molecule has 0 radical (unpaired) electrons. The molecular weight excluding hydrogens is 220 g/mol. The molecule has 0 atom stereocenters. The van der Waals surface area contributed by atoms with Gasteiger partial charge in [-0.2, -0.15) is 0 Å². The third kappa shape index (κ3) is 1.59. The van der Waals surface area contributed by atoms with Gasteiger partial charge in [-0.3, -0.25) is 0 Å². The lowest BCUT2D eigenvalue weighted by atomic mass is 10.1. The molecule has 2 aromatic rings. The summed E-state index contributed by atoms with van der Waals surface area (Å²) in [7, 11) is 0. The van der Waals surface area contributed by atoms with Crippen molar-refractivity contribution in [1.82, 2.24) is 0 Å². The molecule has 0 fully saturated rings. The highest BCUT2D eigenvalue weighted by Crippen LogP contribution is 2.24. The lowest BCUT2D eigenvalue weighted by Gasteiger charge is -2.01. The van der Waals surface area contributed by atoms with E-state index in [1.165, 1.54) is 12.1 Å². The number of carboxylic acid groups (broad SMARTS) is 1. The van der Waals surface area contributed by atoms with Crippen LogP contribution in [-0.2, 0) is 0 Å². The van der Waals surface area contributed by atoms with Crippen LogP contribution < -0.4 is 5.63 Å². The Morgan fingerprint density at radius 1 is 1.40 bits per heavy atom. The first-order valence-corrected chi connectivity index (χ1v) is 4.43. The van der Waals surface area contributed by atoms with Gasteiger partial charge < -0.3 is 9.52 Å². The number of para-hydroxylation sites is 1. The average Bonchev–Trinajstić information content (AvgIpc) is 2.18. The third-order valence-corrected chi connectivity index (χ3v) is 2.25. The second kappa shape index (κ2) is 3.40. The number of aromatic carboxylic acids is 1. The van der Waals surface area contributed by atoms with E-state index >= 15 is 0 Å². The summed E-state index contributed by atoms with van der Waals surface area (Å²) in [5, 5.41) is 9.40. The highest BCUT2D eigenvalue weighted by atomic mass is 35.5. The second-order valence-corrected chi connectivity index (χ2v) is 3.31. The minimum absolute atomic E-state index is 0.101. The van der Waals surface area contributed by atoms with E-state index in [0.29, 0.717) is 5.39 Å². The molecule has 1 heterocycles. The van der Waals surface area contributed by atoms with Gasteiger partial charge in [-0.05, 0) is 6.07 Å². The molecule has 0 aliphatic carbocycles. The molecule has 0 spiro atoms. The van der Waals surface area contributed by atoms with Crippen LogP contribution in [0.1, 0.15) is 10.4 Å². The summed E-state index contributed by atoms with van der Waals surface area (Å²) >= 11 is 5.78. The summed E-state index contributed by atoms with van der Waals surface area (Å²) in [6, 6.07) is 5.59. The van der Waals surface area contributed by atoms with Gasteiger partial charge in [-0.15, -0.1) is 0 Å². The van der Waals surface area contributed by atoms with Gasteiger partial charge >= 0.3 is 11.6 Å². The lowest BCUT2D eigenvalue weighted by molar-refractivity contribution is 0.0698. The quantitative estimate of drug-likeness (QED) is 0.754.